The van der Waals surface area contributed by atoms with E-state index in [0.717, 1.165) is 46.8 Å². The van der Waals surface area contributed by atoms with Crippen LogP contribution in [0.4, 0.5) is 4.39 Å². The molecule has 1 aliphatic rings. The van der Waals surface area contributed by atoms with Crippen molar-refractivity contribution in [3.8, 4) is 11.5 Å². The van der Waals surface area contributed by atoms with Gasteiger partial charge in [-0.3, -0.25) is 9.78 Å². The molecule has 8 heteroatoms. The summed E-state index contributed by atoms with van der Waals surface area (Å²) in [5, 5.41) is 10.6. The zero-order valence-corrected chi connectivity index (χ0v) is 21.5. The largest absolute Gasteiger partial charge is 0.497 e. The van der Waals surface area contributed by atoms with Crippen LogP contribution in [0.1, 0.15) is 31.0 Å². The maximum Gasteiger partial charge on any atom is 0.308 e. The van der Waals surface area contributed by atoms with Crippen LogP contribution in [0.15, 0.2) is 59.6 Å². The number of carbonyl (C=O) groups is 1. The summed E-state index contributed by atoms with van der Waals surface area (Å²) < 4.78 is 25.9. The minimum Gasteiger partial charge on any atom is -0.497 e. The lowest BCUT2D eigenvalue weighted by atomic mass is 9.81. The first-order valence-electron chi connectivity index (χ1n) is 12.3. The second-order valence-electron chi connectivity index (χ2n) is 9.15. The molecule has 0 aliphatic carbocycles. The maximum absolute atomic E-state index is 15.4. The number of ether oxygens (including phenoxy) is 2. The lowest BCUT2D eigenvalue weighted by molar-refractivity contribution is -0.146. The molecule has 3 atom stereocenters. The number of carboxylic acids is 1. The molecule has 1 fully saturated rings. The van der Waals surface area contributed by atoms with E-state index in [2.05, 4.69) is 9.88 Å². The second kappa shape index (κ2) is 12.4. The number of fused-ring (bicyclic) bond motifs is 1. The monoisotopic (exact) mass is 512 g/mol. The number of rotatable bonds is 11. The summed E-state index contributed by atoms with van der Waals surface area (Å²) >= 11 is 1.75. The van der Waals surface area contributed by atoms with Gasteiger partial charge in [0, 0.05) is 35.3 Å². The number of alkyl halides is 1. The normalized spacial score (nSPS) is 19.2. The molecule has 0 spiro atoms. The summed E-state index contributed by atoms with van der Waals surface area (Å²) in [7, 11) is 3.23. The van der Waals surface area contributed by atoms with Gasteiger partial charge in [0.25, 0.3) is 0 Å². The van der Waals surface area contributed by atoms with Crippen LogP contribution in [-0.4, -0.2) is 60.6 Å². The van der Waals surface area contributed by atoms with Gasteiger partial charge in [-0.15, -0.1) is 11.8 Å². The van der Waals surface area contributed by atoms with Crippen molar-refractivity contribution < 1.29 is 23.8 Å². The lowest BCUT2D eigenvalue weighted by Gasteiger charge is -2.36. The first kappa shape index (κ1) is 26.2. The molecule has 0 saturated carbocycles. The van der Waals surface area contributed by atoms with Gasteiger partial charge in [-0.05, 0) is 85.8 Å². The topological polar surface area (TPSA) is 71.9 Å². The summed E-state index contributed by atoms with van der Waals surface area (Å²) in [6.45, 7) is 2.17. The highest BCUT2D eigenvalue weighted by Gasteiger charge is 2.34. The van der Waals surface area contributed by atoms with Crippen LogP contribution < -0.4 is 9.47 Å². The number of likely N-dealkylation sites (tertiary alicyclic amines) is 1. The van der Waals surface area contributed by atoms with Crippen LogP contribution >= 0.6 is 11.8 Å². The number of halogens is 1. The zero-order valence-electron chi connectivity index (χ0n) is 20.7. The van der Waals surface area contributed by atoms with Crippen LogP contribution in [0.25, 0.3) is 10.9 Å². The van der Waals surface area contributed by atoms with Crippen LogP contribution in [0, 0.1) is 11.8 Å². The van der Waals surface area contributed by atoms with Gasteiger partial charge in [-0.2, -0.15) is 0 Å². The van der Waals surface area contributed by atoms with Crippen LogP contribution in [0.2, 0.25) is 0 Å². The molecule has 1 aliphatic heterocycles. The number of methoxy groups -OCH3 is 2. The average Bonchev–Trinajstić information content (AvgIpc) is 2.91. The van der Waals surface area contributed by atoms with E-state index in [-0.39, 0.29) is 12.3 Å². The van der Waals surface area contributed by atoms with Gasteiger partial charge in [0.2, 0.25) is 0 Å². The SMILES string of the molecule is COc1ccc(SCCN2CC[C@@H](CC[C@H](F)c3ccnc4ccc(OC)cc34)[C@@H](C(=O)O)C2)cc1. The fraction of sp³-hybridized carbons (Fsp3) is 0.429. The number of benzene rings is 2. The van der Waals surface area contributed by atoms with Crippen molar-refractivity contribution in [1.29, 1.82) is 0 Å². The molecule has 1 saturated heterocycles. The first-order valence-corrected chi connectivity index (χ1v) is 13.3. The van der Waals surface area contributed by atoms with Crippen LogP contribution in [0.3, 0.4) is 0 Å². The maximum atomic E-state index is 15.4. The predicted molar refractivity (Wildman–Crippen MR) is 141 cm³/mol. The minimum atomic E-state index is -1.18. The Morgan fingerprint density at radius 1 is 1.17 bits per heavy atom. The van der Waals surface area contributed by atoms with E-state index in [9.17, 15) is 9.90 Å². The molecule has 192 valence electrons. The molecule has 0 bridgehead atoms. The van der Waals surface area contributed by atoms with E-state index in [4.69, 9.17) is 9.47 Å². The van der Waals surface area contributed by atoms with Gasteiger partial charge in [0.15, 0.2) is 0 Å². The Bertz CT molecular complexity index is 1160. The van der Waals surface area contributed by atoms with Gasteiger partial charge < -0.3 is 19.5 Å². The Morgan fingerprint density at radius 3 is 2.64 bits per heavy atom. The minimum absolute atomic E-state index is 0.0334. The molecular formula is C28H33FN2O4S. The van der Waals surface area contributed by atoms with Crippen molar-refractivity contribution in [2.75, 3.05) is 39.6 Å². The first-order chi connectivity index (χ1) is 17.5. The summed E-state index contributed by atoms with van der Waals surface area (Å²) in [5.41, 5.74) is 1.30. The third kappa shape index (κ3) is 6.48. The number of aromatic nitrogens is 1. The number of pyridine rings is 1. The van der Waals surface area contributed by atoms with Crippen molar-refractivity contribution in [3.63, 3.8) is 0 Å². The van der Waals surface area contributed by atoms with E-state index in [0.29, 0.717) is 24.3 Å². The van der Waals surface area contributed by atoms with Gasteiger partial charge in [-0.1, -0.05) is 0 Å². The summed E-state index contributed by atoms with van der Waals surface area (Å²) in [6.07, 6.45) is 2.04. The van der Waals surface area contributed by atoms with E-state index in [1.54, 1.807) is 38.2 Å². The molecule has 1 aromatic heterocycles. The Balaban J connectivity index is 1.31. The van der Waals surface area contributed by atoms with Crippen molar-refractivity contribution in [1.82, 2.24) is 9.88 Å². The molecule has 2 heterocycles. The highest BCUT2D eigenvalue weighted by atomic mass is 32.2. The number of piperidine rings is 1. The van der Waals surface area contributed by atoms with E-state index >= 15 is 4.39 Å². The quantitative estimate of drug-likeness (QED) is 0.323. The van der Waals surface area contributed by atoms with Gasteiger partial charge in [-0.25, -0.2) is 4.39 Å². The van der Waals surface area contributed by atoms with Crippen molar-refractivity contribution in [2.45, 2.75) is 30.3 Å². The van der Waals surface area contributed by atoms with Crippen molar-refractivity contribution >= 4 is 28.6 Å². The third-order valence-electron chi connectivity index (χ3n) is 7.00. The molecule has 0 amide bonds. The third-order valence-corrected chi connectivity index (χ3v) is 8.00. The summed E-state index contributed by atoms with van der Waals surface area (Å²) in [4.78, 5) is 19.8. The molecule has 1 N–H and O–H groups in total. The number of thioether (sulfide) groups is 1. The van der Waals surface area contributed by atoms with Crippen LogP contribution in [-0.2, 0) is 4.79 Å². The van der Waals surface area contributed by atoms with Crippen molar-refractivity contribution in [3.05, 3.63) is 60.3 Å². The predicted octanol–water partition coefficient (Wildman–Crippen LogP) is 5.86. The molecule has 3 aromatic rings. The number of aliphatic carboxylic acids is 1. The Labute approximate surface area is 215 Å². The average molecular weight is 513 g/mol. The number of nitrogens with zero attached hydrogens (tertiary/aromatic N) is 2. The van der Waals surface area contributed by atoms with E-state index in [1.165, 1.54) is 0 Å². The zero-order chi connectivity index (χ0) is 25.5. The van der Waals surface area contributed by atoms with E-state index in [1.807, 2.05) is 42.5 Å². The highest BCUT2D eigenvalue weighted by molar-refractivity contribution is 7.99. The van der Waals surface area contributed by atoms with Gasteiger partial charge >= 0.3 is 5.97 Å². The van der Waals surface area contributed by atoms with Crippen LogP contribution in [0.5, 0.6) is 11.5 Å². The van der Waals surface area contributed by atoms with Gasteiger partial charge in [0.1, 0.15) is 17.7 Å². The Hall–Kier alpha value is -2.84. The fourth-order valence-electron chi connectivity index (χ4n) is 4.92. The Morgan fingerprint density at radius 2 is 1.92 bits per heavy atom. The Kier molecular flexibility index (Phi) is 9.04. The molecule has 36 heavy (non-hydrogen) atoms. The molecule has 0 radical (unpaired) electrons. The molecule has 2 aromatic carbocycles. The molecule has 0 unspecified atom stereocenters. The number of hydrogen-bond acceptors (Lipinski definition) is 6. The second-order valence-corrected chi connectivity index (χ2v) is 10.3. The highest BCUT2D eigenvalue weighted by Crippen LogP contribution is 2.35. The lowest BCUT2D eigenvalue weighted by Crippen LogP contribution is -2.44. The molecule has 4 rings (SSSR count). The number of carboxylic acid groups (broad SMARTS) is 1. The smallest absolute Gasteiger partial charge is 0.308 e. The van der Waals surface area contributed by atoms with E-state index < -0.39 is 18.1 Å². The molecular weight excluding hydrogens is 479 g/mol. The number of hydrogen-bond donors (Lipinski definition) is 1. The summed E-state index contributed by atoms with van der Waals surface area (Å²) in [5.74, 6) is 1.07. The fourth-order valence-corrected chi connectivity index (χ4v) is 5.84. The molecule has 6 nitrogen and oxygen atoms in total. The van der Waals surface area contributed by atoms with Gasteiger partial charge in [0.05, 0.1) is 25.7 Å². The summed E-state index contributed by atoms with van der Waals surface area (Å²) in [6, 6.07) is 15.1. The van der Waals surface area contributed by atoms with Crippen molar-refractivity contribution in [2.24, 2.45) is 11.8 Å². The standard InChI is InChI=1S/C28H33FN2O4S/c1-34-20-4-7-22(8-5-20)36-16-15-31-14-12-19(25(18-31)28(32)33)3-9-26(29)23-11-13-30-27-10-6-21(35-2)17-24(23)27/h4-8,10-11,13,17,19,25-26H,3,9,12,14-16,18H2,1-2H3,(H,32,33)/t19-,25+,26+/m1/s1.